The first-order valence-electron chi connectivity index (χ1n) is 5.58. The van der Waals surface area contributed by atoms with Crippen molar-refractivity contribution in [1.82, 2.24) is 5.32 Å². The third-order valence-electron chi connectivity index (χ3n) is 2.32. The van der Waals surface area contributed by atoms with Crippen molar-refractivity contribution in [3.8, 4) is 11.5 Å². The zero-order valence-corrected chi connectivity index (χ0v) is 11.4. The van der Waals surface area contributed by atoms with E-state index in [1.165, 1.54) is 13.2 Å². The lowest BCUT2D eigenvalue weighted by atomic mass is 10.2. The quantitative estimate of drug-likeness (QED) is 0.873. The Labute approximate surface area is 114 Å². The molecule has 1 N–H and O–H groups in total. The zero-order chi connectivity index (χ0) is 14.5. The van der Waals surface area contributed by atoms with Crippen LogP contribution in [0.3, 0.4) is 0 Å². The Hall–Kier alpha value is -1.14. The summed E-state index contributed by atoms with van der Waals surface area (Å²) in [6.07, 6.45) is -5.26. The minimum absolute atomic E-state index is 0.283. The normalized spacial score (nSPS) is 11.5. The number of hydrogen-bond donors (Lipinski definition) is 1. The van der Waals surface area contributed by atoms with Gasteiger partial charge in [-0.1, -0.05) is 11.6 Å². The third-order valence-corrected chi connectivity index (χ3v) is 2.53. The highest BCUT2D eigenvalue weighted by Gasteiger charge is 2.27. The molecule has 0 spiro atoms. The van der Waals surface area contributed by atoms with Crippen molar-refractivity contribution in [3.63, 3.8) is 0 Å². The molecule has 1 aromatic rings. The van der Waals surface area contributed by atoms with Crippen LogP contribution in [0, 0.1) is 0 Å². The minimum Gasteiger partial charge on any atom is -0.493 e. The van der Waals surface area contributed by atoms with Crippen molar-refractivity contribution in [2.75, 3.05) is 20.8 Å². The number of ether oxygens (including phenoxy) is 2. The summed E-state index contributed by atoms with van der Waals surface area (Å²) in [5.41, 5.74) is 0.647. The van der Waals surface area contributed by atoms with Crippen LogP contribution in [-0.4, -0.2) is 26.9 Å². The Morgan fingerprint density at radius 3 is 2.53 bits per heavy atom. The van der Waals surface area contributed by atoms with E-state index in [9.17, 15) is 13.2 Å². The molecule has 0 radical (unpaired) electrons. The molecule has 0 saturated carbocycles. The molecule has 108 valence electrons. The minimum atomic E-state index is -4.25. The van der Waals surface area contributed by atoms with E-state index in [2.05, 4.69) is 5.32 Å². The van der Waals surface area contributed by atoms with Gasteiger partial charge in [0.2, 0.25) is 0 Å². The fourth-order valence-corrected chi connectivity index (χ4v) is 1.76. The van der Waals surface area contributed by atoms with E-state index in [1.807, 2.05) is 0 Å². The van der Waals surface area contributed by atoms with Crippen LogP contribution >= 0.6 is 11.6 Å². The summed E-state index contributed by atoms with van der Waals surface area (Å²) in [5.74, 6) is 0.602. The molecule has 3 nitrogen and oxygen atoms in total. The smallest absolute Gasteiger partial charge is 0.392 e. The molecule has 7 heteroatoms. The van der Waals surface area contributed by atoms with Gasteiger partial charge < -0.3 is 14.8 Å². The standard InChI is InChI=1S/C12H15ClF3NO2/c1-17-7-8-5-9(13)6-10(18-2)11(8)19-4-3-12(14,15)16/h5-6,17H,3-4,7H2,1-2H3. The molecule has 0 aromatic heterocycles. The van der Waals surface area contributed by atoms with Crippen LogP contribution in [0.1, 0.15) is 12.0 Å². The molecule has 0 fully saturated rings. The highest BCUT2D eigenvalue weighted by atomic mass is 35.5. The van der Waals surface area contributed by atoms with E-state index in [0.717, 1.165) is 0 Å². The first kappa shape index (κ1) is 15.9. The van der Waals surface area contributed by atoms with Crippen LogP contribution in [0.5, 0.6) is 11.5 Å². The third kappa shape index (κ3) is 5.16. The first-order valence-corrected chi connectivity index (χ1v) is 5.95. The summed E-state index contributed by atoms with van der Waals surface area (Å²) < 4.78 is 46.6. The van der Waals surface area contributed by atoms with Gasteiger partial charge in [0.15, 0.2) is 11.5 Å². The lowest BCUT2D eigenvalue weighted by Crippen LogP contribution is -2.15. The Bertz CT molecular complexity index is 424. The predicted octanol–water partition coefficient (Wildman–Crippen LogP) is 3.40. The second kappa shape index (κ2) is 6.86. The van der Waals surface area contributed by atoms with Crippen molar-refractivity contribution in [3.05, 3.63) is 22.7 Å². The monoisotopic (exact) mass is 297 g/mol. The maximum Gasteiger partial charge on any atom is 0.392 e. The van der Waals surface area contributed by atoms with E-state index >= 15 is 0 Å². The molecule has 0 amide bonds. The van der Waals surface area contributed by atoms with Crippen molar-refractivity contribution >= 4 is 11.6 Å². The summed E-state index contributed by atoms with van der Waals surface area (Å²) >= 11 is 5.90. The van der Waals surface area contributed by atoms with E-state index in [-0.39, 0.29) is 5.75 Å². The van der Waals surface area contributed by atoms with Gasteiger partial charge in [-0.15, -0.1) is 0 Å². The second-order valence-electron chi connectivity index (χ2n) is 3.84. The van der Waals surface area contributed by atoms with Crippen molar-refractivity contribution in [1.29, 1.82) is 0 Å². The molecule has 0 aliphatic heterocycles. The Morgan fingerprint density at radius 2 is 2.00 bits per heavy atom. The first-order chi connectivity index (χ1) is 8.87. The fraction of sp³-hybridized carbons (Fsp3) is 0.500. The lowest BCUT2D eigenvalue weighted by molar-refractivity contribution is -0.139. The number of alkyl halides is 3. The molecule has 0 heterocycles. The van der Waals surface area contributed by atoms with Crippen LogP contribution in [-0.2, 0) is 6.54 Å². The lowest BCUT2D eigenvalue weighted by Gasteiger charge is -2.16. The molecule has 19 heavy (non-hydrogen) atoms. The highest BCUT2D eigenvalue weighted by Crippen LogP contribution is 2.35. The summed E-state index contributed by atoms with van der Waals surface area (Å²) in [4.78, 5) is 0. The molecule has 1 rings (SSSR count). The summed E-state index contributed by atoms with van der Waals surface area (Å²) in [6, 6.07) is 3.13. The largest absolute Gasteiger partial charge is 0.493 e. The van der Waals surface area contributed by atoms with Gasteiger partial charge in [-0.2, -0.15) is 13.2 Å². The maximum atomic E-state index is 12.1. The number of methoxy groups -OCH3 is 1. The van der Waals surface area contributed by atoms with Crippen LogP contribution in [0.25, 0.3) is 0 Å². The van der Waals surface area contributed by atoms with Gasteiger partial charge in [-0.25, -0.2) is 0 Å². The van der Waals surface area contributed by atoms with Crippen LogP contribution in [0.15, 0.2) is 12.1 Å². The topological polar surface area (TPSA) is 30.5 Å². The number of benzene rings is 1. The van der Waals surface area contributed by atoms with E-state index in [4.69, 9.17) is 21.1 Å². The number of nitrogens with one attached hydrogen (secondary N) is 1. The van der Waals surface area contributed by atoms with Gasteiger partial charge in [0.05, 0.1) is 20.1 Å². The van der Waals surface area contributed by atoms with Gasteiger partial charge in [0, 0.05) is 23.2 Å². The molecule has 0 unspecified atom stereocenters. The molecule has 0 atom stereocenters. The molecular formula is C12H15ClF3NO2. The van der Waals surface area contributed by atoms with Gasteiger partial charge in [-0.05, 0) is 13.1 Å². The molecule has 0 aliphatic carbocycles. The maximum absolute atomic E-state index is 12.1. The van der Waals surface area contributed by atoms with Crippen LogP contribution in [0.2, 0.25) is 5.02 Å². The predicted molar refractivity (Wildman–Crippen MR) is 66.9 cm³/mol. The Balaban J connectivity index is 2.89. The van der Waals surface area contributed by atoms with Crippen molar-refractivity contribution in [2.24, 2.45) is 0 Å². The van der Waals surface area contributed by atoms with Gasteiger partial charge >= 0.3 is 6.18 Å². The zero-order valence-electron chi connectivity index (χ0n) is 10.6. The fourth-order valence-electron chi connectivity index (χ4n) is 1.53. The molecule has 0 saturated heterocycles. The van der Waals surface area contributed by atoms with Gasteiger partial charge in [0.1, 0.15) is 0 Å². The number of hydrogen-bond acceptors (Lipinski definition) is 3. The summed E-state index contributed by atoms with van der Waals surface area (Å²) in [5, 5.41) is 3.33. The van der Waals surface area contributed by atoms with E-state index in [0.29, 0.717) is 22.9 Å². The second-order valence-corrected chi connectivity index (χ2v) is 4.28. The average molecular weight is 298 g/mol. The van der Waals surface area contributed by atoms with Gasteiger partial charge in [0.25, 0.3) is 0 Å². The molecule has 0 bridgehead atoms. The van der Waals surface area contributed by atoms with Crippen LogP contribution < -0.4 is 14.8 Å². The molecule has 1 aromatic carbocycles. The Kier molecular flexibility index (Phi) is 5.75. The average Bonchev–Trinajstić information content (AvgIpc) is 2.30. The van der Waals surface area contributed by atoms with Crippen molar-refractivity contribution in [2.45, 2.75) is 19.1 Å². The Morgan fingerprint density at radius 1 is 1.32 bits per heavy atom. The van der Waals surface area contributed by atoms with E-state index < -0.39 is 19.2 Å². The summed E-state index contributed by atoms with van der Waals surface area (Å²) in [7, 11) is 3.12. The summed E-state index contributed by atoms with van der Waals surface area (Å²) in [6.45, 7) is -0.0452. The number of halogens is 4. The van der Waals surface area contributed by atoms with Crippen molar-refractivity contribution < 1.29 is 22.6 Å². The highest BCUT2D eigenvalue weighted by molar-refractivity contribution is 6.30. The van der Waals surface area contributed by atoms with E-state index in [1.54, 1.807) is 13.1 Å². The van der Waals surface area contributed by atoms with Gasteiger partial charge in [-0.3, -0.25) is 0 Å². The van der Waals surface area contributed by atoms with Crippen LogP contribution in [0.4, 0.5) is 13.2 Å². The number of rotatable bonds is 6. The SMILES string of the molecule is CNCc1cc(Cl)cc(OC)c1OCCC(F)(F)F. The molecular weight excluding hydrogens is 283 g/mol. The molecule has 0 aliphatic rings.